The number of carbonyl (C=O) groups excluding carboxylic acids is 1. The molecule has 0 saturated carbocycles. The Hall–Kier alpha value is -3.02. The average molecular weight is 284 g/mol. The third-order valence-corrected chi connectivity index (χ3v) is 3.03. The molecule has 0 spiro atoms. The highest BCUT2D eigenvalue weighted by Crippen LogP contribution is 2.17. The first-order chi connectivity index (χ1) is 10.2. The molecule has 1 aromatic heterocycles. The fraction of sp³-hybridized carbons (Fsp3) is 0.0667. The van der Waals surface area contributed by atoms with Crippen molar-refractivity contribution in [3.8, 4) is 5.75 Å². The van der Waals surface area contributed by atoms with Crippen molar-refractivity contribution >= 4 is 22.7 Å². The Morgan fingerprint density at radius 2 is 1.95 bits per heavy atom. The van der Waals surface area contributed by atoms with Crippen molar-refractivity contribution in [1.29, 1.82) is 0 Å². The van der Waals surface area contributed by atoms with Crippen LogP contribution in [0.4, 0.5) is 5.69 Å². The molecule has 0 atom stereocenters. The number of fused-ring (bicyclic) bond motifs is 1. The van der Waals surface area contributed by atoms with Gasteiger partial charge in [0.05, 0.1) is 12.6 Å². The molecule has 0 unspecified atom stereocenters. The quantitative estimate of drug-likeness (QED) is 0.773. The standard InChI is InChI=1S/C15H12N2O4/c1-20-11-5-3-10(4-6-11)16-14(18)9-2-7-12-13(8-9)21-15(19)17-12/h2-8H,1H3,(H,16,18)(H,17,19). The largest absolute Gasteiger partial charge is 0.497 e. The zero-order valence-corrected chi connectivity index (χ0v) is 11.2. The number of hydrogen-bond donors (Lipinski definition) is 2. The topological polar surface area (TPSA) is 84.3 Å². The number of oxazole rings is 1. The maximum absolute atomic E-state index is 12.1. The summed E-state index contributed by atoms with van der Waals surface area (Å²) < 4.78 is 9.98. The van der Waals surface area contributed by atoms with E-state index < -0.39 is 5.76 Å². The molecule has 0 aliphatic carbocycles. The van der Waals surface area contributed by atoms with Crippen LogP contribution in [0, 0.1) is 0 Å². The van der Waals surface area contributed by atoms with Crippen molar-refractivity contribution in [2.45, 2.75) is 0 Å². The molecule has 21 heavy (non-hydrogen) atoms. The van der Waals surface area contributed by atoms with Crippen LogP contribution >= 0.6 is 0 Å². The van der Waals surface area contributed by atoms with Crippen molar-refractivity contribution in [1.82, 2.24) is 4.98 Å². The Kier molecular flexibility index (Phi) is 3.19. The molecule has 1 amide bonds. The minimum absolute atomic E-state index is 0.286. The molecule has 106 valence electrons. The Morgan fingerprint density at radius 1 is 1.19 bits per heavy atom. The van der Waals surface area contributed by atoms with E-state index in [0.29, 0.717) is 28.1 Å². The summed E-state index contributed by atoms with van der Waals surface area (Å²) in [6, 6.07) is 11.8. The van der Waals surface area contributed by atoms with Gasteiger partial charge in [-0.2, -0.15) is 0 Å². The SMILES string of the molecule is COc1ccc(NC(=O)c2ccc3[nH]c(=O)oc3c2)cc1. The van der Waals surface area contributed by atoms with Crippen LogP contribution in [0.3, 0.4) is 0 Å². The molecule has 0 aliphatic heterocycles. The zero-order valence-electron chi connectivity index (χ0n) is 11.2. The summed E-state index contributed by atoms with van der Waals surface area (Å²) >= 11 is 0. The summed E-state index contributed by atoms with van der Waals surface area (Å²) in [6.45, 7) is 0. The second-order valence-corrected chi connectivity index (χ2v) is 4.41. The van der Waals surface area contributed by atoms with Crippen LogP contribution in [0.2, 0.25) is 0 Å². The first-order valence-corrected chi connectivity index (χ1v) is 6.24. The van der Waals surface area contributed by atoms with Crippen molar-refractivity contribution < 1.29 is 13.9 Å². The number of carbonyl (C=O) groups is 1. The second kappa shape index (κ2) is 5.16. The number of benzene rings is 2. The molecular formula is C15H12N2O4. The molecule has 1 heterocycles. The predicted octanol–water partition coefficient (Wildman–Crippen LogP) is 2.38. The molecule has 2 aromatic carbocycles. The van der Waals surface area contributed by atoms with E-state index in [-0.39, 0.29) is 5.91 Å². The van der Waals surface area contributed by atoms with E-state index in [4.69, 9.17) is 9.15 Å². The number of nitrogens with one attached hydrogen (secondary N) is 2. The highest BCUT2D eigenvalue weighted by Gasteiger charge is 2.09. The van der Waals surface area contributed by atoms with Crippen LogP contribution in [0.5, 0.6) is 5.75 Å². The number of ether oxygens (including phenoxy) is 1. The number of H-pyrrole nitrogens is 1. The Labute approximate surface area is 119 Å². The van der Waals surface area contributed by atoms with Crippen LogP contribution < -0.4 is 15.8 Å². The Morgan fingerprint density at radius 3 is 2.67 bits per heavy atom. The average Bonchev–Trinajstić information content (AvgIpc) is 2.87. The van der Waals surface area contributed by atoms with E-state index in [1.165, 1.54) is 6.07 Å². The van der Waals surface area contributed by atoms with Gasteiger partial charge in [0.25, 0.3) is 5.91 Å². The van der Waals surface area contributed by atoms with Gasteiger partial charge in [0.2, 0.25) is 0 Å². The molecule has 0 radical (unpaired) electrons. The molecule has 2 N–H and O–H groups in total. The molecule has 3 aromatic rings. The number of anilines is 1. The highest BCUT2D eigenvalue weighted by molar-refractivity contribution is 6.05. The van der Waals surface area contributed by atoms with Crippen molar-refractivity contribution in [3.05, 3.63) is 58.6 Å². The summed E-state index contributed by atoms with van der Waals surface area (Å²) in [5, 5.41) is 2.76. The maximum Gasteiger partial charge on any atom is 0.417 e. The Bertz CT molecular complexity index is 846. The van der Waals surface area contributed by atoms with E-state index in [9.17, 15) is 9.59 Å². The lowest BCUT2D eigenvalue weighted by Crippen LogP contribution is -2.11. The van der Waals surface area contributed by atoms with Crippen LogP contribution in [-0.2, 0) is 0 Å². The van der Waals surface area contributed by atoms with Gasteiger partial charge < -0.3 is 14.5 Å². The van der Waals surface area contributed by atoms with Crippen molar-refractivity contribution in [3.63, 3.8) is 0 Å². The van der Waals surface area contributed by atoms with Gasteiger partial charge >= 0.3 is 5.76 Å². The van der Waals surface area contributed by atoms with E-state index >= 15 is 0 Å². The molecule has 3 rings (SSSR count). The molecule has 6 heteroatoms. The maximum atomic E-state index is 12.1. The van der Waals surface area contributed by atoms with Crippen LogP contribution in [-0.4, -0.2) is 18.0 Å². The molecule has 0 bridgehead atoms. The lowest BCUT2D eigenvalue weighted by Gasteiger charge is -2.06. The molecule has 0 fully saturated rings. The van der Waals surface area contributed by atoms with Gasteiger partial charge in [-0.15, -0.1) is 0 Å². The Balaban J connectivity index is 1.83. The molecule has 6 nitrogen and oxygen atoms in total. The number of rotatable bonds is 3. The summed E-state index contributed by atoms with van der Waals surface area (Å²) in [7, 11) is 1.58. The fourth-order valence-corrected chi connectivity index (χ4v) is 1.96. The van der Waals surface area contributed by atoms with Crippen molar-refractivity contribution in [2.24, 2.45) is 0 Å². The predicted molar refractivity (Wildman–Crippen MR) is 77.8 cm³/mol. The van der Waals surface area contributed by atoms with Gasteiger partial charge in [0, 0.05) is 11.3 Å². The van der Waals surface area contributed by atoms with Gasteiger partial charge in [0.15, 0.2) is 5.58 Å². The van der Waals surface area contributed by atoms with E-state index in [0.717, 1.165) is 0 Å². The van der Waals surface area contributed by atoms with E-state index in [1.807, 2.05) is 0 Å². The monoisotopic (exact) mass is 284 g/mol. The minimum Gasteiger partial charge on any atom is -0.497 e. The van der Waals surface area contributed by atoms with Gasteiger partial charge in [-0.1, -0.05) is 0 Å². The summed E-state index contributed by atoms with van der Waals surface area (Å²) in [5.74, 6) is -0.118. The third-order valence-electron chi connectivity index (χ3n) is 3.03. The van der Waals surface area contributed by atoms with Crippen LogP contribution in [0.1, 0.15) is 10.4 Å². The van der Waals surface area contributed by atoms with E-state index in [1.54, 1.807) is 43.5 Å². The normalized spacial score (nSPS) is 10.5. The highest BCUT2D eigenvalue weighted by atomic mass is 16.5. The first kappa shape index (κ1) is 13.0. The van der Waals surface area contributed by atoms with Gasteiger partial charge in [-0.3, -0.25) is 9.78 Å². The van der Waals surface area contributed by atoms with Crippen LogP contribution in [0.15, 0.2) is 51.7 Å². The summed E-state index contributed by atoms with van der Waals surface area (Å²) in [4.78, 5) is 25.8. The van der Waals surface area contributed by atoms with Gasteiger partial charge in [-0.05, 0) is 42.5 Å². The lowest BCUT2D eigenvalue weighted by molar-refractivity contribution is 0.102. The van der Waals surface area contributed by atoms with Gasteiger partial charge in [0.1, 0.15) is 5.75 Å². The fourth-order valence-electron chi connectivity index (χ4n) is 1.96. The number of aromatic nitrogens is 1. The number of amides is 1. The molecule has 0 aliphatic rings. The van der Waals surface area contributed by atoms with E-state index in [2.05, 4.69) is 10.3 Å². The first-order valence-electron chi connectivity index (χ1n) is 6.24. The third kappa shape index (κ3) is 2.64. The smallest absolute Gasteiger partial charge is 0.417 e. The number of methoxy groups -OCH3 is 1. The van der Waals surface area contributed by atoms with Crippen molar-refractivity contribution in [2.75, 3.05) is 12.4 Å². The zero-order chi connectivity index (χ0) is 14.8. The second-order valence-electron chi connectivity index (χ2n) is 4.41. The summed E-state index contributed by atoms with van der Waals surface area (Å²) in [6.07, 6.45) is 0. The van der Waals surface area contributed by atoms with Crippen LogP contribution in [0.25, 0.3) is 11.1 Å². The summed E-state index contributed by atoms with van der Waals surface area (Å²) in [5.41, 5.74) is 1.96. The lowest BCUT2D eigenvalue weighted by atomic mass is 10.2. The minimum atomic E-state index is -0.544. The molecular weight excluding hydrogens is 272 g/mol. The van der Waals surface area contributed by atoms with Gasteiger partial charge in [-0.25, -0.2) is 4.79 Å². The number of hydrogen-bond acceptors (Lipinski definition) is 4. The number of aromatic amines is 1. The molecule has 0 saturated heterocycles.